The molecule has 0 saturated heterocycles. The summed E-state index contributed by atoms with van der Waals surface area (Å²) in [6.45, 7) is 0. The summed E-state index contributed by atoms with van der Waals surface area (Å²) in [6, 6.07) is 11.9. The molecule has 1 aliphatic rings. The number of carbonyl (C=O) groups excluding carboxylic acids is 1. The van der Waals surface area contributed by atoms with E-state index in [4.69, 9.17) is 8.92 Å². The van der Waals surface area contributed by atoms with Crippen molar-refractivity contribution in [2.45, 2.75) is 6.42 Å². The maximum absolute atomic E-state index is 12.0. The molecule has 0 aromatic heterocycles. The molecule has 0 unspecified atom stereocenters. The molecular weight excluding hydrogens is 384 g/mol. The maximum atomic E-state index is 12.0. The molecule has 23 heavy (non-hydrogen) atoms. The van der Waals surface area contributed by atoms with E-state index in [0.29, 0.717) is 5.56 Å². The van der Waals surface area contributed by atoms with Crippen LogP contribution in [0, 0.1) is 0 Å². The third-order valence-electron chi connectivity index (χ3n) is 3.13. The Balaban J connectivity index is 1.75. The first-order valence-electron chi connectivity index (χ1n) is 6.64. The molecule has 0 atom stereocenters. The molecule has 0 radical (unpaired) electrons. The molecule has 0 saturated carbocycles. The standard InChI is InChI=1S/C16H11BrO5S/c17-14-4-2-1-3-12(14)9-16(18)21-13-6-5-11-7-8-23(19,20)22-15(11)10-13/h1-8,10H,9H2. The lowest BCUT2D eigenvalue weighted by Crippen LogP contribution is -2.13. The highest BCUT2D eigenvalue weighted by molar-refractivity contribution is 9.10. The Morgan fingerprint density at radius 3 is 2.74 bits per heavy atom. The van der Waals surface area contributed by atoms with E-state index in [0.717, 1.165) is 15.4 Å². The van der Waals surface area contributed by atoms with Gasteiger partial charge in [0.15, 0.2) is 5.75 Å². The van der Waals surface area contributed by atoms with Crippen LogP contribution in [0.4, 0.5) is 0 Å². The van der Waals surface area contributed by atoms with Gasteiger partial charge in [0.1, 0.15) is 5.75 Å². The molecule has 0 N–H and O–H groups in total. The third-order valence-corrected chi connectivity index (χ3v) is 4.78. The minimum atomic E-state index is -3.72. The number of hydrogen-bond donors (Lipinski definition) is 0. The van der Waals surface area contributed by atoms with Crippen molar-refractivity contribution in [2.24, 2.45) is 0 Å². The highest BCUT2D eigenvalue weighted by Gasteiger charge is 2.18. The van der Waals surface area contributed by atoms with Gasteiger partial charge in [-0.1, -0.05) is 34.1 Å². The van der Waals surface area contributed by atoms with Crippen LogP contribution in [-0.4, -0.2) is 14.4 Å². The summed E-state index contributed by atoms with van der Waals surface area (Å²) in [7, 11) is -3.72. The summed E-state index contributed by atoms with van der Waals surface area (Å²) in [5.74, 6) is -0.0870. The lowest BCUT2D eigenvalue weighted by Gasteiger charge is -2.13. The Kier molecular flexibility index (Phi) is 4.23. The lowest BCUT2D eigenvalue weighted by molar-refractivity contribution is -0.133. The summed E-state index contributed by atoms with van der Waals surface area (Å²) in [5.41, 5.74) is 1.41. The maximum Gasteiger partial charge on any atom is 0.332 e. The monoisotopic (exact) mass is 394 g/mol. The van der Waals surface area contributed by atoms with Gasteiger partial charge in [-0.05, 0) is 29.8 Å². The number of hydrogen-bond acceptors (Lipinski definition) is 5. The molecule has 0 fully saturated rings. The average molecular weight is 395 g/mol. The van der Waals surface area contributed by atoms with Crippen molar-refractivity contribution in [2.75, 3.05) is 0 Å². The molecule has 0 aliphatic carbocycles. The molecule has 1 aliphatic heterocycles. The smallest absolute Gasteiger partial charge is 0.332 e. The second-order valence-corrected chi connectivity index (χ2v) is 7.10. The van der Waals surface area contributed by atoms with Crippen molar-refractivity contribution >= 4 is 38.1 Å². The number of carbonyl (C=O) groups is 1. The summed E-state index contributed by atoms with van der Waals surface area (Å²) in [5, 5.41) is 0.980. The number of ether oxygens (including phenoxy) is 1. The van der Waals surface area contributed by atoms with Crippen LogP contribution in [0.3, 0.4) is 0 Å². The molecule has 7 heteroatoms. The number of benzene rings is 2. The summed E-state index contributed by atoms with van der Waals surface area (Å²) in [4.78, 5) is 12.0. The van der Waals surface area contributed by atoms with Gasteiger partial charge in [-0.2, -0.15) is 8.42 Å². The number of fused-ring (bicyclic) bond motifs is 1. The molecule has 5 nitrogen and oxygen atoms in total. The van der Waals surface area contributed by atoms with Gasteiger partial charge in [-0.25, -0.2) is 0 Å². The fourth-order valence-corrected chi connectivity index (χ4v) is 3.25. The van der Waals surface area contributed by atoms with Crippen LogP contribution < -0.4 is 8.92 Å². The minimum Gasteiger partial charge on any atom is -0.426 e. The van der Waals surface area contributed by atoms with Crippen LogP contribution in [0.25, 0.3) is 6.08 Å². The zero-order valence-electron chi connectivity index (χ0n) is 11.7. The summed E-state index contributed by atoms with van der Waals surface area (Å²) in [6.07, 6.45) is 1.53. The fourth-order valence-electron chi connectivity index (χ4n) is 2.06. The van der Waals surface area contributed by atoms with Gasteiger partial charge in [-0.3, -0.25) is 4.79 Å². The van der Waals surface area contributed by atoms with Crippen molar-refractivity contribution in [3.63, 3.8) is 0 Å². The zero-order chi connectivity index (χ0) is 16.4. The molecule has 2 aromatic carbocycles. The highest BCUT2D eigenvalue weighted by Crippen LogP contribution is 2.31. The van der Waals surface area contributed by atoms with Gasteiger partial charge < -0.3 is 8.92 Å². The van der Waals surface area contributed by atoms with Crippen LogP contribution in [0.15, 0.2) is 52.3 Å². The Labute approximate surface area is 141 Å². The minimum absolute atomic E-state index is 0.0948. The molecule has 0 spiro atoms. The molecular formula is C16H11BrO5S. The Hall–Kier alpha value is -2.12. The van der Waals surface area contributed by atoms with E-state index < -0.39 is 16.1 Å². The van der Waals surface area contributed by atoms with E-state index in [-0.39, 0.29) is 17.9 Å². The molecule has 118 valence electrons. The number of halogens is 1. The lowest BCUT2D eigenvalue weighted by atomic mass is 10.1. The topological polar surface area (TPSA) is 69.7 Å². The van der Waals surface area contributed by atoms with Crippen molar-refractivity contribution < 1.29 is 22.1 Å². The fraction of sp³-hybridized carbons (Fsp3) is 0.0625. The summed E-state index contributed by atoms with van der Waals surface area (Å²) >= 11 is 3.37. The van der Waals surface area contributed by atoms with E-state index in [1.54, 1.807) is 12.1 Å². The van der Waals surface area contributed by atoms with Gasteiger partial charge in [0.25, 0.3) is 0 Å². The second-order valence-electron chi connectivity index (χ2n) is 4.82. The summed E-state index contributed by atoms with van der Waals surface area (Å²) < 4.78 is 33.7. The van der Waals surface area contributed by atoms with Crippen LogP contribution in [0.2, 0.25) is 0 Å². The normalized spacial score (nSPS) is 14.7. The van der Waals surface area contributed by atoms with E-state index in [2.05, 4.69) is 15.9 Å². The van der Waals surface area contributed by atoms with Crippen molar-refractivity contribution in [3.05, 3.63) is 63.5 Å². The zero-order valence-corrected chi connectivity index (χ0v) is 14.1. The van der Waals surface area contributed by atoms with Crippen LogP contribution in [0.5, 0.6) is 11.5 Å². The highest BCUT2D eigenvalue weighted by atomic mass is 79.9. The van der Waals surface area contributed by atoms with E-state index in [1.807, 2.05) is 24.3 Å². The van der Waals surface area contributed by atoms with Gasteiger partial charge in [0.2, 0.25) is 0 Å². The third kappa shape index (κ3) is 3.80. The van der Waals surface area contributed by atoms with E-state index >= 15 is 0 Å². The van der Waals surface area contributed by atoms with Crippen molar-refractivity contribution in [1.29, 1.82) is 0 Å². The van der Waals surface area contributed by atoms with Crippen LogP contribution >= 0.6 is 15.9 Å². The molecule has 0 amide bonds. The Morgan fingerprint density at radius 1 is 1.17 bits per heavy atom. The van der Waals surface area contributed by atoms with Gasteiger partial charge in [-0.15, -0.1) is 0 Å². The second kappa shape index (κ2) is 6.17. The number of esters is 1. The molecule has 2 aromatic rings. The van der Waals surface area contributed by atoms with E-state index in [9.17, 15) is 13.2 Å². The average Bonchev–Trinajstić information content (AvgIpc) is 2.48. The van der Waals surface area contributed by atoms with Crippen LogP contribution in [0.1, 0.15) is 11.1 Å². The quantitative estimate of drug-likeness (QED) is 0.453. The van der Waals surface area contributed by atoms with Gasteiger partial charge >= 0.3 is 16.1 Å². The SMILES string of the molecule is O=C(Cc1ccccc1Br)Oc1ccc2c(c1)OS(=O)(=O)C=C2. The first-order chi connectivity index (χ1) is 10.9. The Morgan fingerprint density at radius 2 is 1.96 bits per heavy atom. The Bertz CT molecular complexity index is 902. The van der Waals surface area contributed by atoms with Crippen LogP contribution in [-0.2, 0) is 21.3 Å². The predicted molar refractivity (Wildman–Crippen MR) is 88.5 cm³/mol. The first kappa shape index (κ1) is 15.8. The van der Waals surface area contributed by atoms with Gasteiger partial charge in [0, 0.05) is 16.1 Å². The molecule has 3 rings (SSSR count). The van der Waals surface area contributed by atoms with Crippen molar-refractivity contribution in [1.82, 2.24) is 0 Å². The predicted octanol–water partition coefficient (Wildman–Crippen LogP) is 3.29. The first-order valence-corrected chi connectivity index (χ1v) is 8.90. The molecule has 1 heterocycles. The molecule has 0 bridgehead atoms. The van der Waals surface area contributed by atoms with Crippen molar-refractivity contribution in [3.8, 4) is 11.5 Å². The number of rotatable bonds is 3. The largest absolute Gasteiger partial charge is 0.426 e. The van der Waals surface area contributed by atoms with Gasteiger partial charge in [0.05, 0.1) is 11.8 Å². The van der Waals surface area contributed by atoms with E-state index in [1.165, 1.54) is 12.1 Å².